The molecule has 0 aliphatic carbocycles. The van der Waals surface area contributed by atoms with Crippen LogP contribution in [0.2, 0.25) is 0 Å². The number of hydrogen-bond acceptors (Lipinski definition) is 4. The molecule has 0 bridgehead atoms. The first-order valence-electron chi connectivity index (χ1n) is 6.62. The summed E-state index contributed by atoms with van der Waals surface area (Å²) in [6.45, 7) is 4.51. The van der Waals surface area contributed by atoms with Gasteiger partial charge in [0.1, 0.15) is 5.76 Å². The maximum Gasteiger partial charge on any atom is 0.240 e. The van der Waals surface area contributed by atoms with Gasteiger partial charge in [-0.25, -0.2) is 13.1 Å². The van der Waals surface area contributed by atoms with Gasteiger partial charge in [0, 0.05) is 6.54 Å². The van der Waals surface area contributed by atoms with Crippen molar-refractivity contribution in [2.24, 2.45) is 0 Å². The van der Waals surface area contributed by atoms with Crippen molar-refractivity contribution in [3.63, 3.8) is 0 Å². The summed E-state index contributed by atoms with van der Waals surface area (Å²) in [5, 5.41) is 0. The van der Waals surface area contributed by atoms with Crippen LogP contribution >= 0.6 is 0 Å². The largest absolute Gasteiger partial charge is 0.467 e. The summed E-state index contributed by atoms with van der Waals surface area (Å²) in [5.41, 5.74) is 0. The first-order chi connectivity index (χ1) is 9.33. The molecule has 1 atom stereocenters. The van der Waals surface area contributed by atoms with E-state index in [2.05, 4.69) is 4.72 Å². The standard InChI is InChI=1S/C13H22N2O4S/c1-4-5-8-15(10-12-7-6-9-19-12)13(16)11(2)14-20(3,17)18/h6-7,9,11,14H,4-5,8,10H2,1-3H3. The van der Waals surface area contributed by atoms with Gasteiger partial charge in [-0.05, 0) is 25.5 Å². The van der Waals surface area contributed by atoms with Crippen LogP contribution in [-0.4, -0.2) is 38.1 Å². The second kappa shape index (κ2) is 7.44. The number of sulfonamides is 1. The van der Waals surface area contributed by atoms with Crippen LogP contribution in [0.3, 0.4) is 0 Å². The monoisotopic (exact) mass is 302 g/mol. The van der Waals surface area contributed by atoms with E-state index < -0.39 is 16.1 Å². The summed E-state index contributed by atoms with van der Waals surface area (Å²) >= 11 is 0. The van der Waals surface area contributed by atoms with Crippen molar-refractivity contribution < 1.29 is 17.6 Å². The van der Waals surface area contributed by atoms with Crippen LogP contribution in [0.25, 0.3) is 0 Å². The predicted octanol–water partition coefficient (Wildman–Crippen LogP) is 1.35. The van der Waals surface area contributed by atoms with E-state index in [1.807, 2.05) is 6.92 Å². The Labute approximate surface area is 120 Å². The SMILES string of the molecule is CCCCN(Cc1ccco1)C(=O)C(C)NS(C)(=O)=O. The second-order valence-corrected chi connectivity index (χ2v) is 6.58. The van der Waals surface area contributed by atoms with Gasteiger partial charge >= 0.3 is 0 Å². The van der Waals surface area contributed by atoms with Crippen molar-refractivity contribution in [2.45, 2.75) is 39.3 Å². The average Bonchev–Trinajstić information content (AvgIpc) is 2.84. The Morgan fingerprint density at radius 3 is 2.70 bits per heavy atom. The molecule has 1 N–H and O–H groups in total. The van der Waals surface area contributed by atoms with E-state index in [1.54, 1.807) is 30.2 Å². The minimum absolute atomic E-state index is 0.250. The fourth-order valence-electron chi connectivity index (χ4n) is 1.85. The molecular formula is C13H22N2O4S. The van der Waals surface area contributed by atoms with Crippen molar-refractivity contribution >= 4 is 15.9 Å². The molecule has 0 spiro atoms. The number of nitrogens with one attached hydrogen (secondary N) is 1. The fourth-order valence-corrected chi connectivity index (χ4v) is 2.60. The Balaban J connectivity index is 2.73. The maximum atomic E-state index is 12.3. The fraction of sp³-hybridized carbons (Fsp3) is 0.615. The van der Waals surface area contributed by atoms with Gasteiger partial charge in [-0.1, -0.05) is 13.3 Å². The first-order valence-corrected chi connectivity index (χ1v) is 8.51. The topological polar surface area (TPSA) is 79.6 Å². The molecule has 1 rings (SSSR count). The summed E-state index contributed by atoms with van der Waals surface area (Å²) in [6.07, 6.45) is 4.41. The summed E-state index contributed by atoms with van der Waals surface area (Å²) < 4.78 is 29.9. The normalized spacial score (nSPS) is 13.2. The lowest BCUT2D eigenvalue weighted by molar-refractivity contribution is -0.133. The number of amides is 1. The zero-order valence-corrected chi connectivity index (χ0v) is 12.9. The molecule has 114 valence electrons. The van der Waals surface area contributed by atoms with Crippen LogP contribution in [-0.2, 0) is 21.4 Å². The van der Waals surface area contributed by atoms with E-state index in [0.29, 0.717) is 18.8 Å². The number of furan rings is 1. The van der Waals surface area contributed by atoms with Gasteiger partial charge < -0.3 is 9.32 Å². The Kier molecular flexibility index (Phi) is 6.22. The third-order valence-corrected chi connectivity index (χ3v) is 3.56. The Bertz CT molecular complexity index is 510. The predicted molar refractivity (Wildman–Crippen MR) is 76.5 cm³/mol. The second-order valence-electron chi connectivity index (χ2n) is 4.80. The summed E-state index contributed by atoms with van der Waals surface area (Å²) in [7, 11) is -3.41. The van der Waals surface area contributed by atoms with E-state index in [9.17, 15) is 13.2 Å². The van der Waals surface area contributed by atoms with Crippen LogP contribution in [0, 0.1) is 0 Å². The van der Waals surface area contributed by atoms with Crippen molar-refractivity contribution in [1.82, 2.24) is 9.62 Å². The maximum absolute atomic E-state index is 12.3. The zero-order valence-electron chi connectivity index (χ0n) is 12.1. The zero-order chi connectivity index (χ0) is 15.2. The number of rotatable bonds is 8. The van der Waals surface area contributed by atoms with Crippen LogP contribution < -0.4 is 4.72 Å². The highest BCUT2D eigenvalue weighted by Gasteiger charge is 2.23. The lowest BCUT2D eigenvalue weighted by Crippen LogP contribution is -2.46. The molecule has 1 amide bonds. The molecule has 1 aromatic heterocycles. The van der Waals surface area contributed by atoms with Crippen LogP contribution in [0.5, 0.6) is 0 Å². The van der Waals surface area contributed by atoms with E-state index in [0.717, 1.165) is 19.1 Å². The highest BCUT2D eigenvalue weighted by molar-refractivity contribution is 7.88. The summed E-state index contributed by atoms with van der Waals surface area (Å²) in [6, 6.07) is 2.77. The molecule has 6 nitrogen and oxygen atoms in total. The van der Waals surface area contributed by atoms with Crippen molar-refractivity contribution in [3.8, 4) is 0 Å². The molecule has 1 heterocycles. The molecule has 1 unspecified atom stereocenters. The van der Waals surface area contributed by atoms with Gasteiger partial charge in [-0.15, -0.1) is 0 Å². The molecule has 1 aromatic rings. The highest BCUT2D eigenvalue weighted by atomic mass is 32.2. The van der Waals surface area contributed by atoms with E-state index in [4.69, 9.17) is 4.42 Å². The average molecular weight is 302 g/mol. The van der Waals surface area contributed by atoms with Gasteiger partial charge in [0.15, 0.2) is 0 Å². The molecule has 0 radical (unpaired) electrons. The third-order valence-electron chi connectivity index (χ3n) is 2.78. The van der Waals surface area contributed by atoms with Gasteiger partial charge in [-0.2, -0.15) is 0 Å². The molecule has 0 aliphatic heterocycles. The lowest BCUT2D eigenvalue weighted by atomic mass is 10.2. The van der Waals surface area contributed by atoms with Crippen molar-refractivity contribution in [3.05, 3.63) is 24.2 Å². The van der Waals surface area contributed by atoms with Crippen LogP contribution in [0.1, 0.15) is 32.4 Å². The van der Waals surface area contributed by atoms with E-state index in [1.165, 1.54) is 0 Å². The summed E-state index contributed by atoms with van der Waals surface area (Å²) in [5.74, 6) is 0.432. The van der Waals surface area contributed by atoms with Crippen LogP contribution in [0.4, 0.5) is 0 Å². The smallest absolute Gasteiger partial charge is 0.240 e. The summed E-state index contributed by atoms with van der Waals surface area (Å²) in [4.78, 5) is 13.9. The number of nitrogens with zero attached hydrogens (tertiary/aromatic N) is 1. The van der Waals surface area contributed by atoms with Gasteiger partial charge in [0.05, 0.1) is 25.1 Å². The van der Waals surface area contributed by atoms with Crippen LogP contribution in [0.15, 0.2) is 22.8 Å². The molecule has 0 aromatic carbocycles. The molecule has 0 saturated carbocycles. The van der Waals surface area contributed by atoms with Gasteiger partial charge in [0.2, 0.25) is 15.9 Å². The molecule has 0 saturated heterocycles. The van der Waals surface area contributed by atoms with Gasteiger partial charge in [0.25, 0.3) is 0 Å². The minimum atomic E-state index is -3.41. The molecule has 0 fully saturated rings. The van der Waals surface area contributed by atoms with Gasteiger partial charge in [-0.3, -0.25) is 4.79 Å². The molecular weight excluding hydrogens is 280 g/mol. The Morgan fingerprint density at radius 2 is 2.20 bits per heavy atom. The highest BCUT2D eigenvalue weighted by Crippen LogP contribution is 2.09. The quantitative estimate of drug-likeness (QED) is 0.786. The Hall–Kier alpha value is -1.34. The minimum Gasteiger partial charge on any atom is -0.467 e. The molecule has 20 heavy (non-hydrogen) atoms. The van der Waals surface area contributed by atoms with E-state index in [-0.39, 0.29) is 5.91 Å². The number of carbonyl (C=O) groups excluding carboxylic acids is 1. The van der Waals surface area contributed by atoms with Crippen molar-refractivity contribution in [1.29, 1.82) is 0 Å². The first kappa shape index (κ1) is 16.7. The number of hydrogen-bond donors (Lipinski definition) is 1. The third kappa shape index (κ3) is 5.75. The Morgan fingerprint density at radius 1 is 1.50 bits per heavy atom. The molecule has 0 aliphatic rings. The van der Waals surface area contributed by atoms with Crippen molar-refractivity contribution in [2.75, 3.05) is 12.8 Å². The molecule has 7 heteroatoms. The van der Waals surface area contributed by atoms with E-state index >= 15 is 0 Å². The number of unbranched alkanes of at least 4 members (excludes halogenated alkanes) is 1. The number of carbonyl (C=O) groups is 1. The lowest BCUT2D eigenvalue weighted by Gasteiger charge is -2.25.